The molecule has 132 valence electrons. The summed E-state index contributed by atoms with van der Waals surface area (Å²) in [5.74, 6) is -1.01. The second-order valence-electron chi connectivity index (χ2n) is 5.67. The van der Waals surface area contributed by atoms with Gasteiger partial charge < -0.3 is 14.4 Å². The van der Waals surface area contributed by atoms with Gasteiger partial charge in [0.2, 0.25) is 0 Å². The molecule has 0 atom stereocenters. The van der Waals surface area contributed by atoms with E-state index in [1.165, 1.54) is 14.2 Å². The summed E-state index contributed by atoms with van der Waals surface area (Å²) >= 11 is 3.48. The third-order valence-corrected chi connectivity index (χ3v) is 4.25. The van der Waals surface area contributed by atoms with Gasteiger partial charge in [-0.2, -0.15) is 0 Å². The van der Waals surface area contributed by atoms with E-state index < -0.39 is 11.9 Å². The molecular formula is C19H20BrNO4. The second-order valence-corrected chi connectivity index (χ2v) is 6.59. The molecule has 2 rings (SSSR count). The number of esters is 2. The van der Waals surface area contributed by atoms with Crippen LogP contribution in [0.3, 0.4) is 0 Å². The fraction of sp³-hybridized carbons (Fsp3) is 0.263. The predicted octanol–water partition coefficient (Wildman–Crippen LogP) is 4.06. The van der Waals surface area contributed by atoms with Crippen LogP contribution in [0.1, 0.15) is 25.3 Å². The Labute approximate surface area is 155 Å². The molecule has 0 radical (unpaired) electrons. The van der Waals surface area contributed by atoms with Gasteiger partial charge in [0.25, 0.3) is 0 Å². The molecule has 1 aromatic rings. The van der Waals surface area contributed by atoms with E-state index in [-0.39, 0.29) is 17.2 Å². The van der Waals surface area contributed by atoms with E-state index in [0.29, 0.717) is 0 Å². The van der Waals surface area contributed by atoms with Crippen LogP contribution in [0.4, 0.5) is 5.69 Å². The summed E-state index contributed by atoms with van der Waals surface area (Å²) in [6.45, 7) is 4.13. The van der Waals surface area contributed by atoms with Gasteiger partial charge in [-0.15, -0.1) is 0 Å². The maximum absolute atomic E-state index is 12.5. The lowest BCUT2D eigenvalue weighted by Crippen LogP contribution is -2.27. The monoisotopic (exact) mass is 405 g/mol. The van der Waals surface area contributed by atoms with Crippen LogP contribution in [0, 0.1) is 0 Å². The first-order chi connectivity index (χ1) is 11.9. The SMILES string of the molecule is COC(=O)C1=C(C(=O)OC)N(c2ccc(Br)cc2C(C)C)C=CC=C1. The van der Waals surface area contributed by atoms with E-state index in [1.54, 1.807) is 29.3 Å². The number of methoxy groups -OCH3 is 2. The average Bonchev–Trinajstić information content (AvgIpc) is 2.83. The maximum Gasteiger partial charge on any atom is 0.355 e. The molecule has 0 fully saturated rings. The number of nitrogens with zero attached hydrogens (tertiary/aromatic N) is 1. The number of allylic oxidation sites excluding steroid dienone is 2. The highest BCUT2D eigenvalue weighted by molar-refractivity contribution is 9.10. The van der Waals surface area contributed by atoms with Crippen LogP contribution >= 0.6 is 15.9 Å². The summed E-state index contributed by atoms with van der Waals surface area (Å²) in [4.78, 5) is 26.3. The number of hydrogen-bond acceptors (Lipinski definition) is 5. The first-order valence-electron chi connectivity index (χ1n) is 7.75. The van der Waals surface area contributed by atoms with Gasteiger partial charge in [0, 0.05) is 16.4 Å². The molecule has 0 aliphatic carbocycles. The largest absolute Gasteiger partial charge is 0.465 e. The standard InChI is InChI=1S/C19H20BrNO4/c1-12(2)15-11-13(20)8-9-16(15)21-10-6-5-7-14(18(22)24-3)17(21)19(23)25-4/h5-12H,1-4H3. The lowest BCUT2D eigenvalue weighted by molar-refractivity contribution is -0.139. The Morgan fingerprint density at radius 2 is 1.76 bits per heavy atom. The molecule has 1 heterocycles. The number of benzene rings is 1. The third-order valence-electron chi connectivity index (χ3n) is 3.76. The molecule has 0 saturated heterocycles. The van der Waals surface area contributed by atoms with Gasteiger partial charge >= 0.3 is 11.9 Å². The van der Waals surface area contributed by atoms with Crippen LogP contribution in [0.25, 0.3) is 0 Å². The molecule has 1 aliphatic heterocycles. The van der Waals surface area contributed by atoms with Crippen molar-refractivity contribution in [1.82, 2.24) is 0 Å². The summed E-state index contributed by atoms with van der Waals surface area (Å²) in [7, 11) is 2.56. The Hall–Kier alpha value is -2.34. The molecule has 5 nitrogen and oxygen atoms in total. The van der Waals surface area contributed by atoms with Crippen LogP contribution in [-0.4, -0.2) is 26.2 Å². The fourth-order valence-electron chi connectivity index (χ4n) is 2.56. The number of carbonyl (C=O) groups excluding carboxylic acids is 2. The molecule has 0 amide bonds. The van der Waals surface area contributed by atoms with Gasteiger partial charge in [-0.1, -0.05) is 35.9 Å². The number of anilines is 1. The van der Waals surface area contributed by atoms with E-state index in [9.17, 15) is 9.59 Å². The van der Waals surface area contributed by atoms with Crippen LogP contribution < -0.4 is 4.90 Å². The maximum atomic E-state index is 12.5. The summed E-state index contributed by atoms with van der Waals surface area (Å²) in [6.07, 6.45) is 6.71. The van der Waals surface area contributed by atoms with Crippen LogP contribution in [0.2, 0.25) is 0 Å². The zero-order valence-corrected chi connectivity index (χ0v) is 16.2. The van der Waals surface area contributed by atoms with Crippen molar-refractivity contribution in [3.8, 4) is 0 Å². The van der Waals surface area contributed by atoms with Gasteiger partial charge in [0.1, 0.15) is 5.70 Å². The molecule has 0 N–H and O–H groups in total. The lowest BCUT2D eigenvalue weighted by Gasteiger charge is -2.26. The Kier molecular flexibility index (Phi) is 6.20. The van der Waals surface area contributed by atoms with Crippen molar-refractivity contribution in [2.45, 2.75) is 19.8 Å². The normalized spacial score (nSPS) is 13.9. The van der Waals surface area contributed by atoms with Crippen molar-refractivity contribution in [1.29, 1.82) is 0 Å². The topological polar surface area (TPSA) is 55.8 Å². The molecular weight excluding hydrogens is 386 g/mol. The van der Waals surface area contributed by atoms with Crippen LogP contribution in [0.15, 0.2) is 58.4 Å². The summed E-state index contributed by atoms with van der Waals surface area (Å²) in [5, 5.41) is 0. The summed E-state index contributed by atoms with van der Waals surface area (Å²) < 4.78 is 10.7. The van der Waals surface area contributed by atoms with Crippen molar-refractivity contribution in [3.05, 3.63) is 63.9 Å². The molecule has 1 aliphatic rings. The number of rotatable bonds is 4. The van der Waals surface area contributed by atoms with Gasteiger partial charge in [-0.25, -0.2) is 9.59 Å². The highest BCUT2D eigenvalue weighted by Crippen LogP contribution is 2.34. The first kappa shape index (κ1) is 19.0. The van der Waals surface area contributed by atoms with Gasteiger partial charge in [0.05, 0.1) is 19.8 Å². The minimum Gasteiger partial charge on any atom is -0.465 e. The Bertz CT molecular complexity index is 778. The van der Waals surface area contributed by atoms with E-state index in [1.807, 2.05) is 18.2 Å². The summed E-state index contributed by atoms with van der Waals surface area (Å²) in [6, 6.07) is 5.78. The van der Waals surface area contributed by atoms with Crippen molar-refractivity contribution in [2.24, 2.45) is 0 Å². The van der Waals surface area contributed by atoms with E-state index in [0.717, 1.165) is 15.7 Å². The average molecular weight is 406 g/mol. The number of halogens is 1. The molecule has 0 aromatic heterocycles. The van der Waals surface area contributed by atoms with Crippen LogP contribution in [-0.2, 0) is 19.1 Å². The molecule has 25 heavy (non-hydrogen) atoms. The predicted molar refractivity (Wildman–Crippen MR) is 100 cm³/mol. The number of hydrogen-bond donors (Lipinski definition) is 0. The molecule has 0 bridgehead atoms. The Morgan fingerprint density at radius 1 is 1.08 bits per heavy atom. The van der Waals surface area contributed by atoms with Crippen molar-refractivity contribution in [3.63, 3.8) is 0 Å². The fourth-order valence-corrected chi connectivity index (χ4v) is 2.94. The summed E-state index contributed by atoms with van der Waals surface area (Å²) in [5.41, 5.74) is 2.06. The molecule has 0 saturated carbocycles. The zero-order chi connectivity index (χ0) is 18.6. The third kappa shape index (κ3) is 4.02. The van der Waals surface area contributed by atoms with Gasteiger partial charge in [-0.3, -0.25) is 0 Å². The minimum absolute atomic E-state index is 0.114. The first-order valence-corrected chi connectivity index (χ1v) is 8.54. The van der Waals surface area contributed by atoms with E-state index in [4.69, 9.17) is 9.47 Å². The van der Waals surface area contributed by atoms with Crippen LogP contribution in [0.5, 0.6) is 0 Å². The Morgan fingerprint density at radius 3 is 2.36 bits per heavy atom. The van der Waals surface area contributed by atoms with Gasteiger partial charge in [-0.05, 0) is 41.8 Å². The smallest absolute Gasteiger partial charge is 0.355 e. The van der Waals surface area contributed by atoms with Gasteiger partial charge in [0.15, 0.2) is 0 Å². The second kappa shape index (κ2) is 8.16. The van der Waals surface area contributed by atoms with Crippen molar-refractivity contribution < 1.29 is 19.1 Å². The molecule has 1 aromatic carbocycles. The molecule has 0 spiro atoms. The zero-order valence-electron chi connectivity index (χ0n) is 14.6. The number of carbonyl (C=O) groups is 2. The Balaban J connectivity index is 2.74. The van der Waals surface area contributed by atoms with Crippen molar-refractivity contribution in [2.75, 3.05) is 19.1 Å². The molecule has 0 unspecified atom stereocenters. The van der Waals surface area contributed by atoms with E-state index in [2.05, 4.69) is 29.8 Å². The highest BCUT2D eigenvalue weighted by atomic mass is 79.9. The van der Waals surface area contributed by atoms with E-state index >= 15 is 0 Å². The highest BCUT2D eigenvalue weighted by Gasteiger charge is 2.28. The lowest BCUT2D eigenvalue weighted by atomic mass is 10.00. The number of ether oxygens (including phenoxy) is 2. The quantitative estimate of drug-likeness (QED) is 0.706. The van der Waals surface area contributed by atoms with Crippen molar-refractivity contribution >= 4 is 33.6 Å². The minimum atomic E-state index is -0.616. The molecule has 6 heteroatoms.